The summed E-state index contributed by atoms with van der Waals surface area (Å²) in [5, 5.41) is 10.7. The van der Waals surface area contributed by atoms with Crippen molar-refractivity contribution in [2.24, 2.45) is 0 Å². The Kier molecular flexibility index (Phi) is 5.76. The third-order valence-electron chi connectivity index (χ3n) is 5.60. The third kappa shape index (κ3) is 4.92. The van der Waals surface area contributed by atoms with E-state index in [0.717, 1.165) is 41.7 Å². The Morgan fingerprint density at radius 3 is 2.71 bits per heavy atom. The van der Waals surface area contributed by atoms with Gasteiger partial charge in [-0.3, -0.25) is 24.5 Å². The van der Waals surface area contributed by atoms with E-state index in [0.29, 0.717) is 11.5 Å². The van der Waals surface area contributed by atoms with Crippen molar-refractivity contribution in [1.29, 1.82) is 0 Å². The van der Waals surface area contributed by atoms with Gasteiger partial charge in [-0.1, -0.05) is 6.07 Å². The van der Waals surface area contributed by atoms with E-state index in [9.17, 15) is 9.00 Å². The summed E-state index contributed by atoms with van der Waals surface area (Å²) in [5.41, 5.74) is 4.69. The number of hydrogen-bond acceptors (Lipinski definition) is 6. The normalized spacial score (nSPS) is 15.4. The minimum Gasteiger partial charge on any atom is -0.319 e. The molecule has 1 unspecified atom stereocenters. The van der Waals surface area contributed by atoms with Gasteiger partial charge in [0, 0.05) is 45.9 Å². The van der Waals surface area contributed by atoms with Crippen LogP contribution in [0.15, 0.2) is 55.0 Å². The minimum absolute atomic E-state index is 0.290. The first-order chi connectivity index (χ1) is 16.3. The number of nitrogens with one attached hydrogen (secondary N) is 3. The fourth-order valence-electron chi connectivity index (χ4n) is 3.84. The van der Waals surface area contributed by atoms with Crippen LogP contribution in [0.25, 0.3) is 22.0 Å². The lowest BCUT2D eigenvalue weighted by Crippen LogP contribution is -2.36. The van der Waals surface area contributed by atoms with Crippen LogP contribution >= 0.6 is 0 Å². The van der Waals surface area contributed by atoms with E-state index in [1.165, 1.54) is 24.4 Å². The maximum Gasteiger partial charge on any atom is 0.276 e. The van der Waals surface area contributed by atoms with E-state index in [1.807, 2.05) is 30.6 Å². The fourth-order valence-corrected chi connectivity index (χ4v) is 4.40. The molecule has 1 fully saturated rings. The number of aromatic nitrogens is 4. The fraction of sp³-hybridized carbons (Fsp3) is 0.208. The number of nitrogens with zero attached hydrogens (tertiary/aromatic N) is 4. The second kappa shape index (κ2) is 8.88. The number of likely N-dealkylation sites (tertiary alicyclic amines) is 1. The second-order valence-corrected chi connectivity index (χ2v) is 10.8. The molecule has 0 aliphatic carbocycles. The van der Waals surface area contributed by atoms with Crippen LogP contribution in [0.3, 0.4) is 0 Å². The van der Waals surface area contributed by atoms with Gasteiger partial charge in [-0.15, -0.1) is 0 Å². The average Bonchev–Trinajstić information content (AvgIpc) is 3.20. The molecule has 0 bridgehead atoms. The van der Waals surface area contributed by atoms with Crippen molar-refractivity contribution in [3.05, 3.63) is 66.2 Å². The molecule has 1 aromatic carbocycles. The number of rotatable bonds is 7. The highest BCUT2D eigenvalue weighted by molar-refractivity contribution is 8.00. The lowest BCUT2D eigenvalue weighted by Gasteiger charge is -2.30. The number of amides is 1. The van der Waals surface area contributed by atoms with Gasteiger partial charge < -0.3 is 5.32 Å². The van der Waals surface area contributed by atoms with E-state index in [-0.39, 0.29) is 11.6 Å². The molecule has 4 heterocycles. The molecular formula is C24H25N7O2S. The summed E-state index contributed by atoms with van der Waals surface area (Å²) in [6, 6.07) is 11.3. The van der Waals surface area contributed by atoms with E-state index in [1.54, 1.807) is 12.1 Å². The van der Waals surface area contributed by atoms with Crippen molar-refractivity contribution >= 4 is 43.9 Å². The summed E-state index contributed by atoms with van der Waals surface area (Å²) < 4.78 is 14.5. The largest absolute Gasteiger partial charge is 0.319 e. The second-order valence-electron chi connectivity index (χ2n) is 8.54. The Labute approximate surface area is 197 Å². The molecule has 0 spiro atoms. The van der Waals surface area contributed by atoms with E-state index >= 15 is 0 Å². The number of anilines is 2. The summed E-state index contributed by atoms with van der Waals surface area (Å²) in [5.74, 6) is 3.60. The predicted molar refractivity (Wildman–Crippen MR) is 136 cm³/mol. The Balaban J connectivity index is 1.37. The molecule has 4 aromatic rings. The number of aromatic amines is 1. The van der Waals surface area contributed by atoms with Gasteiger partial charge >= 0.3 is 0 Å². The van der Waals surface area contributed by atoms with Crippen molar-refractivity contribution in [3.8, 4) is 11.1 Å². The van der Waals surface area contributed by atoms with Crippen LogP contribution in [0, 0.1) is 0 Å². The molecule has 1 aliphatic rings. The number of pyridine rings is 2. The first-order valence-electron chi connectivity index (χ1n) is 10.9. The quantitative estimate of drug-likeness (QED) is 0.354. The Morgan fingerprint density at radius 1 is 1.15 bits per heavy atom. The summed E-state index contributed by atoms with van der Waals surface area (Å²) in [6.07, 6.45) is 7.97. The lowest BCUT2D eigenvalue weighted by atomic mass is 10.0. The van der Waals surface area contributed by atoms with Crippen LogP contribution in [-0.2, 0) is 16.3 Å². The highest BCUT2D eigenvalue weighted by atomic mass is 32.2. The summed E-state index contributed by atoms with van der Waals surface area (Å²) in [7, 11) is -2.43. The standard InChI is InChI=1S/C24H25N7O2S/c1-34(2,33)30-22-7-5-19(14-26-22)27-24(32)23-20-11-17(4-6-21(20)28-29-23)18-10-16(12-25-13-18)15-31-8-3-9-31/h4-7,10-14H,1,3,8-9,15H2,2H3,(H,27,32)(H,28,29)(H,26,30,33). The highest BCUT2D eigenvalue weighted by Gasteiger charge is 2.17. The van der Waals surface area contributed by atoms with E-state index in [4.69, 9.17) is 0 Å². The molecule has 174 valence electrons. The van der Waals surface area contributed by atoms with Gasteiger partial charge in [0.25, 0.3) is 5.91 Å². The Bertz CT molecular complexity index is 1460. The molecule has 9 nitrogen and oxygen atoms in total. The number of carbonyl (C=O) groups is 1. The van der Waals surface area contributed by atoms with Gasteiger partial charge in [0.2, 0.25) is 0 Å². The van der Waals surface area contributed by atoms with Crippen LogP contribution in [0.4, 0.5) is 11.5 Å². The summed E-state index contributed by atoms with van der Waals surface area (Å²) >= 11 is 0. The first-order valence-corrected chi connectivity index (χ1v) is 13.0. The molecule has 34 heavy (non-hydrogen) atoms. The molecule has 1 aliphatic heterocycles. The third-order valence-corrected chi connectivity index (χ3v) is 6.24. The van der Waals surface area contributed by atoms with Crippen molar-refractivity contribution in [3.63, 3.8) is 0 Å². The predicted octanol–water partition coefficient (Wildman–Crippen LogP) is 3.15. The average molecular weight is 476 g/mol. The maximum absolute atomic E-state index is 13.0. The van der Waals surface area contributed by atoms with Gasteiger partial charge in [-0.2, -0.15) is 5.10 Å². The molecule has 3 N–H and O–H groups in total. The topological polar surface area (TPSA) is 116 Å². The number of hydrogen-bond donors (Lipinski definition) is 3. The van der Waals surface area contributed by atoms with Crippen molar-refractivity contribution in [2.45, 2.75) is 13.0 Å². The molecular weight excluding hydrogens is 450 g/mol. The van der Waals surface area contributed by atoms with Crippen LogP contribution in [0.2, 0.25) is 0 Å². The monoisotopic (exact) mass is 475 g/mol. The minimum atomic E-state index is -2.43. The number of fused-ring (bicyclic) bond motifs is 1. The van der Waals surface area contributed by atoms with Crippen molar-refractivity contribution in [1.82, 2.24) is 25.1 Å². The van der Waals surface area contributed by atoms with Crippen molar-refractivity contribution < 1.29 is 9.00 Å². The summed E-state index contributed by atoms with van der Waals surface area (Å²) in [4.78, 5) is 23.9. The molecule has 0 saturated carbocycles. The van der Waals surface area contributed by atoms with Gasteiger partial charge in [0.15, 0.2) is 5.69 Å². The molecule has 5 rings (SSSR count). The van der Waals surface area contributed by atoms with Gasteiger partial charge in [-0.05, 0) is 66.8 Å². The molecule has 3 aromatic heterocycles. The summed E-state index contributed by atoms with van der Waals surface area (Å²) in [6.45, 7) is 3.16. The van der Waals surface area contributed by atoms with Crippen molar-refractivity contribution in [2.75, 3.05) is 29.4 Å². The number of H-pyrrole nitrogens is 1. The van der Waals surface area contributed by atoms with Gasteiger partial charge in [-0.25, -0.2) is 9.19 Å². The first kappa shape index (κ1) is 22.1. The van der Waals surface area contributed by atoms with Crippen LogP contribution in [0.1, 0.15) is 22.5 Å². The highest BCUT2D eigenvalue weighted by Crippen LogP contribution is 2.27. The zero-order chi connectivity index (χ0) is 23.7. The molecule has 10 heteroatoms. The molecule has 1 amide bonds. The smallest absolute Gasteiger partial charge is 0.276 e. The Morgan fingerprint density at radius 2 is 2.00 bits per heavy atom. The zero-order valence-electron chi connectivity index (χ0n) is 18.7. The molecule has 1 saturated heterocycles. The SMILES string of the molecule is C=S(C)(=O)Nc1ccc(NC(=O)c2n[nH]c3ccc(-c4cncc(CN5CCC5)c4)cc23)cn1. The van der Waals surface area contributed by atoms with Crippen LogP contribution in [-0.4, -0.2) is 60.4 Å². The van der Waals surface area contributed by atoms with E-state index in [2.05, 4.69) is 47.0 Å². The lowest BCUT2D eigenvalue weighted by molar-refractivity contribution is 0.102. The molecule has 0 radical (unpaired) electrons. The number of carbonyl (C=O) groups excluding carboxylic acids is 1. The van der Waals surface area contributed by atoms with Gasteiger partial charge in [0.1, 0.15) is 5.82 Å². The van der Waals surface area contributed by atoms with Crippen LogP contribution < -0.4 is 10.0 Å². The van der Waals surface area contributed by atoms with Gasteiger partial charge in [0.05, 0.1) is 17.4 Å². The van der Waals surface area contributed by atoms with Crippen LogP contribution in [0.5, 0.6) is 0 Å². The Hall–Kier alpha value is -3.76. The zero-order valence-corrected chi connectivity index (χ0v) is 19.6. The molecule has 1 atom stereocenters. The number of benzene rings is 1. The van der Waals surface area contributed by atoms with E-state index < -0.39 is 9.71 Å². The maximum atomic E-state index is 13.0.